The van der Waals surface area contributed by atoms with Gasteiger partial charge in [-0.2, -0.15) is 10.1 Å². The summed E-state index contributed by atoms with van der Waals surface area (Å²) in [6.45, 7) is 3.37. The molecule has 0 aliphatic carbocycles. The molecular formula is C28H31N5O4. The van der Waals surface area contributed by atoms with E-state index in [-0.39, 0.29) is 0 Å². The Balaban J connectivity index is 1.30. The Hall–Kier alpha value is -4.24. The second-order valence-electron chi connectivity index (χ2n) is 8.60. The van der Waals surface area contributed by atoms with Gasteiger partial charge in [-0.15, -0.1) is 0 Å². The van der Waals surface area contributed by atoms with Crippen molar-refractivity contribution in [3.8, 4) is 17.4 Å². The molecule has 2 N–H and O–H groups in total. The lowest BCUT2D eigenvalue weighted by atomic mass is 10.1. The van der Waals surface area contributed by atoms with Crippen LogP contribution >= 0.6 is 0 Å². The van der Waals surface area contributed by atoms with Crippen LogP contribution in [0.1, 0.15) is 11.1 Å². The second-order valence-corrected chi connectivity index (χ2v) is 8.60. The van der Waals surface area contributed by atoms with Gasteiger partial charge < -0.3 is 28.8 Å². The zero-order chi connectivity index (χ0) is 25.5. The topological polar surface area (TPSA) is 93.2 Å². The number of hydrogen-bond donors (Lipinski definition) is 2. The van der Waals surface area contributed by atoms with Crippen molar-refractivity contribution in [3.63, 3.8) is 0 Å². The van der Waals surface area contributed by atoms with Gasteiger partial charge in [0.2, 0.25) is 5.88 Å². The number of morpholine rings is 1. The summed E-state index contributed by atoms with van der Waals surface area (Å²) in [5, 5.41) is 5.60. The molecule has 192 valence electrons. The molecule has 9 nitrogen and oxygen atoms in total. The largest absolute Gasteiger partial charge is 0.493 e. The van der Waals surface area contributed by atoms with E-state index in [1.165, 1.54) is 0 Å². The predicted molar refractivity (Wildman–Crippen MR) is 146 cm³/mol. The number of hydrogen-bond acceptors (Lipinski definition) is 8. The minimum absolute atomic E-state index is 0.465. The average molecular weight is 502 g/mol. The van der Waals surface area contributed by atoms with Crippen molar-refractivity contribution in [2.45, 2.75) is 6.42 Å². The third-order valence-corrected chi connectivity index (χ3v) is 6.23. The number of pyridine rings is 1. The van der Waals surface area contributed by atoms with Crippen molar-refractivity contribution in [3.05, 3.63) is 71.9 Å². The molecule has 0 atom stereocenters. The molecule has 0 bridgehead atoms. The number of nitrogens with one attached hydrogen (secondary N) is 2. The lowest BCUT2D eigenvalue weighted by molar-refractivity contribution is 0.122. The van der Waals surface area contributed by atoms with Crippen LogP contribution in [-0.4, -0.2) is 63.3 Å². The lowest BCUT2D eigenvalue weighted by Gasteiger charge is -2.28. The summed E-state index contributed by atoms with van der Waals surface area (Å²) in [6.07, 6.45) is 4.46. The van der Waals surface area contributed by atoms with E-state index < -0.39 is 0 Å². The third kappa shape index (κ3) is 5.95. The van der Waals surface area contributed by atoms with Gasteiger partial charge in [0.05, 0.1) is 45.9 Å². The summed E-state index contributed by atoms with van der Waals surface area (Å²) in [5.74, 6) is 2.77. The van der Waals surface area contributed by atoms with Gasteiger partial charge in [-0.1, -0.05) is 24.3 Å². The van der Waals surface area contributed by atoms with Crippen LogP contribution < -0.4 is 24.5 Å². The number of benzene rings is 2. The van der Waals surface area contributed by atoms with Crippen LogP contribution in [0.2, 0.25) is 0 Å². The summed E-state index contributed by atoms with van der Waals surface area (Å²) >= 11 is 0. The van der Waals surface area contributed by atoms with Crippen LogP contribution in [0.25, 0.3) is 10.9 Å². The molecule has 2 aromatic carbocycles. The Labute approximate surface area is 216 Å². The maximum atomic E-state index is 6.08. The monoisotopic (exact) mass is 501 g/mol. The SMILES string of the molecule is COc1ccc(CCOc2cc(N/N=C/c3c[nH]c4ccccc34)cc(N3CCOCC3)n2)cc1OC. The molecule has 0 unspecified atom stereocenters. The summed E-state index contributed by atoms with van der Waals surface area (Å²) in [7, 11) is 3.26. The molecule has 9 heteroatoms. The molecule has 1 aliphatic rings. The molecule has 0 amide bonds. The fraction of sp³-hybridized carbons (Fsp3) is 0.286. The van der Waals surface area contributed by atoms with Crippen LogP contribution in [0, 0.1) is 0 Å². The smallest absolute Gasteiger partial charge is 0.217 e. The highest BCUT2D eigenvalue weighted by atomic mass is 16.5. The van der Waals surface area contributed by atoms with Crippen LogP contribution in [-0.2, 0) is 11.2 Å². The number of aromatic amines is 1. The van der Waals surface area contributed by atoms with Crippen LogP contribution in [0.15, 0.2) is 65.9 Å². The number of methoxy groups -OCH3 is 2. The summed E-state index contributed by atoms with van der Waals surface area (Å²) in [4.78, 5) is 10.2. The number of hydrazone groups is 1. The van der Waals surface area contributed by atoms with E-state index in [1.807, 2.05) is 60.9 Å². The van der Waals surface area contributed by atoms with Crippen molar-refractivity contribution in [2.75, 3.05) is 57.5 Å². The minimum Gasteiger partial charge on any atom is -0.493 e. The Kier molecular flexibility index (Phi) is 7.71. The van der Waals surface area contributed by atoms with Crippen molar-refractivity contribution in [1.29, 1.82) is 0 Å². The van der Waals surface area contributed by atoms with E-state index >= 15 is 0 Å². The van der Waals surface area contributed by atoms with E-state index in [1.54, 1.807) is 14.2 Å². The minimum atomic E-state index is 0.465. The molecule has 0 spiro atoms. The molecule has 5 rings (SSSR count). The standard InChI is InChI=1S/C28H31N5O4/c1-34-25-8-7-20(15-26(25)35-2)9-12-37-28-17-22(16-27(31-28)33-10-13-36-14-11-33)32-30-19-21-18-29-24-6-4-3-5-23(21)24/h3-8,15-19,29H,9-14H2,1-2H3,(H,31,32)/b30-19+. The summed E-state index contributed by atoms with van der Waals surface area (Å²) in [5.41, 5.74) is 7.12. The maximum absolute atomic E-state index is 6.08. The van der Waals surface area contributed by atoms with Crippen LogP contribution in [0.3, 0.4) is 0 Å². The Morgan fingerprint density at radius 3 is 2.73 bits per heavy atom. The maximum Gasteiger partial charge on any atom is 0.217 e. The van der Waals surface area contributed by atoms with Gasteiger partial charge in [0.25, 0.3) is 0 Å². The Morgan fingerprint density at radius 2 is 1.89 bits per heavy atom. The summed E-state index contributed by atoms with van der Waals surface area (Å²) in [6, 6.07) is 17.9. The molecule has 1 aliphatic heterocycles. The highest BCUT2D eigenvalue weighted by molar-refractivity contribution is 5.99. The van der Waals surface area contributed by atoms with Gasteiger partial charge in [-0.05, 0) is 23.8 Å². The van der Waals surface area contributed by atoms with Crippen molar-refractivity contribution in [1.82, 2.24) is 9.97 Å². The number of para-hydroxylation sites is 1. The highest BCUT2D eigenvalue weighted by Gasteiger charge is 2.15. The zero-order valence-electron chi connectivity index (χ0n) is 21.1. The molecular weight excluding hydrogens is 470 g/mol. The average Bonchev–Trinajstić information content (AvgIpc) is 3.36. The molecule has 4 aromatic rings. The van der Waals surface area contributed by atoms with Gasteiger partial charge in [0.1, 0.15) is 5.82 Å². The molecule has 0 saturated carbocycles. The van der Waals surface area contributed by atoms with Gasteiger partial charge in [0.15, 0.2) is 11.5 Å². The van der Waals surface area contributed by atoms with Gasteiger partial charge in [-0.3, -0.25) is 5.43 Å². The summed E-state index contributed by atoms with van der Waals surface area (Å²) < 4.78 is 22.3. The van der Waals surface area contributed by atoms with E-state index in [9.17, 15) is 0 Å². The molecule has 2 aromatic heterocycles. The quantitative estimate of drug-likeness (QED) is 0.244. The molecule has 1 fully saturated rings. The zero-order valence-corrected chi connectivity index (χ0v) is 21.1. The van der Waals surface area contributed by atoms with E-state index in [0.717, 1.165) is 46.6 Å². The van der Waals surface area contributed by atoms with Gasteiger partial charge in [0, 0.05) is 54.3 Å². The van der Waals surface area contributed by atoms with Crippen molar-refractivity contribution < 1.29 is 18.9 Å². The van der Waals surface area contributed by atoms with E-state index in [0.29, 0.717) is 43.6 Å². The first kappa shape index (κ1) is 24.5. The number of rotatable bonds is 10. The van der Waals surface area contributed by atoms with Gasteiger partial charge in [-0.25, -0.2) is 0 Å². The third-order valence-electron chi connectivity index (χ3n) is 6.23. The van der Waals surface area contributed by atoms with Gasteiger partial charge >= 0.3 is 0 Å². The molecule has 1 saturated heterocycles. The normalized spacial score (nSPS) is 13.7. The first-order valence-electron chi connectivity index (χ1n) is 12.3. The first-order valence-corrected chi connectivity index (χ1v) is 12.3. The first-order chi connectivity index (χ1) is 18.2. The Bertz CT molecular complexity index is 1360. The number of ether oxygens (including phenoxy) is 4. The number of H-pyrrole nitrogens is 1. The number of fused-ring (bicyclic) bond motifs is 1. The van der Waals surface area contributed by atoms with Crippen LogP contribution in [0.5, 0.6) is 17.4 Å². The van der Waals surface area contributed by atoms with Crippen molar-refractivity contribution in [2.24, 2.45) is 5.10 Å². The highest BCUT2D eigenvalue weighted by Crippen LogP contribution is 2.28. The Morgan fingerprint density at radius 1 is 1.05 bits per heavy atom. The molecule has 0 radical (unpaired) electrons. The van der Waals surface area contributed by atoms with Crippen LogP contribution in [0.4, 0.5) is 11.5 Å². The fourth-order valence-electron chi connectivity index (χ4n) is 4.27. The van der Waals surface area contributed by atoms with E-state index in [2.05, 4.69) is 26.5 Å². The van der Waals surface area contributed by atoms with E-state index in [4.69, 9.17) is 23.9 Å². The number of aromatic nitrogens is 2. The second kappa shape index (κ2) is 11.7. The predicted octanol–water partition coefficient (Wildman–Crippen LogP) is 4.48. The number of nitrogens with zero attached hydrogens (tertiary/aromatic N) is 3. The lowest BCUT2D eigenvalue weighted by Crippen LogP contribution is -2.36. The number of anilines is 2. The van der Waals surface area contributed by atoms with Crippen molar-refractivity contribution >= 4 is 28.6 Å². The fourth-order valence-corrected chi connectivity index (χ4v) is 4.27. The molecule has 3 heterocycles. The molecule has 37 heavy (non-hydrogen) atoms.